The Kier molecular flexibility index (Phi) is 4.53. The van der Waals surface area contributed by atoms with Crippen LogP contribution in [0, 0.1) is 11.8 Å². The molecule has 1 aliphatic rings. The number of amides is 1. The molecule has 0 aromatic heterocycles. The van der Waals surface area contributed by atoms with Crippen molar-refractivity contribution in [3.63, 3.8) is 0 Å². The zero-order valence-corrected chi connectivity index (χ0v) is 12.6. The van der Waals surface area contributed by atoms with Crippen LogP contribution >= 0.6 is 0 Å². The molecule has 0 saturated heterocycles. The number of benzene rings is 1. The normalized spacial score (nSPS) is 26.1. The van der Waals surface area contributed by atoms with Crippen molar-refractivity contribution in [3.05, 3.63) is 23.8 Å². The summed E-state index contributed by atoms with van der Waals surface area (Å²) in [6.45, 7) is 4.59. The Morgan fingerprint density at radius 2 is 2.05 bits per heavy atom. The van der Waals surface area contributed by atoms with E-state index in [2.05, 4.69) is 24.5 Å². The first-order valence-corrected chi connectivity index (χ1v) is 7.41. The Labute approximate surface area is 121 Å². The lowest BCUT2D eigenvalue weighted by Gasteiger charge is -2.35. The van der Waals surface area contributed by atoms with E-state index in [0.29, 0.717) is 29.1 Å². The van der Waals surface area contributed by atoms with Gasteiger partial charge in [-0.25, -0.2) is 0 Å². The van der Waals surface area contributed by atoms with Gasteiger partial charge in [0.05, 0.1) is 5.56 Å². The van der Waals surface area contributed by atoms with E-state index in [1.165, 1.54) is 12.8 Å². The van der Waals surface area contributed by atoms with E-state index in [1.54, 1.807) is 19.2 Å². The van der Waals surface area contributed by atoms with E-state index < -0.39 is 0 Å². The van der Waals surface area contributed by atoms with Crippen LogP contribution in [0.15, 0.2) is 18.2 Å². The standard InChI is InChI=1S/C16H25N3O/c1-10-5-4-6-14(11(10)2)19-15-9-12(17)7-8-13(15)16(20)18-3/h7-11,14,19H,4-6,17H2,1-3H3,(H,18,20). The van der Waals surface area contributed by atoms with Crippen LogP contribution < -0.4 is 16.4 Å². The molecule has 0 bridgehead atoms. The van der Waals surface area contributed by atoms with E-state index in [9.17, 15) is 4.79 Å². The van der Waals surface area contributed by atoms with E-state index in [4.69, 9.17) is 5.73 Å². The van der Waals surface area contributed by atoms with Gasteiger partial charge in [0.2, 0.25) is 0 Å². The van der Waals surface area contributed by atoms with Crippen molar-refractivity contribution in [2.75, 3.05) is 18.1 Å². The van der Waals surface area contributed by atoms with Crippen molar-refractivity contribution < 1.29 is 4.79 Å². The Morgan fingerprint density at radius 3 is 2.75 bits per heavy atom. The van der Waals surface area contributed by atoms with Gasteiger partial charge in [0.15, 0.2) is 0 Å². The average molecular weight is 275 g/mol. The van der Waals surface area contributed by atoms with Crippen molar-refractivity contribution in [1.82, 2.24) is 5.32 Å². The van der Waals surface area contributed by atoms with Crippen molar-refractivity contribution in [3.8, 4) is 0 Å². The van der Waals surface area contributed by atoms with Crippen LogP contribution in [-0.2, 0) is 0 Å². The average Bonchev–Trinajstić information content (AvgIpc) is 2.43. The minimum atomic E-state index is -0.0796. The summed E-state index contributed by atoms with van der Waals surface area (Å²) in [6, 6.07) is 5.82. The summed E-state index contributed by atoms with van der Waals surface area (Å²) in [5.74, 6) is 1.23. The monoisotopic (exact) mass is 275 g/mol. The fraction of sp³-hybridized carbons (Fsp3) is 0.562. The predicted octanol–water partition coefficient (Wildman–Crippen LogP) is 2.87. The molecule has 1 aliphatic carbocycles. The maximum Gasteiger partial charge on any atom is 0.253 e. The topological polar surface area (TPSA) is 67.2 Å². The second kappa shape index (κ2) is 6.16. The first-order valence-electron chi connectivity index (χ1n) is 7.41. The van der Waals surface area contributed by atoms with Gasteiger partial charge >= 0.3 is 0 Å². The third kappa shape index (κ3) is 3.06. The SMILES string of the molecule is CNC(=O)c1ccc(N)cc1NC1CCCC(C)C1C. The molecule has 3 atom stereocenters. The number of nitrogens with two attached hydrogens (primary N) is 1. The molecule has 1 saturated carbocycles. The summed E-state index contributed by atoms with van der Waals surface area (Å²) < 4.78 is 0. The largest absolute Gasteiger partial charge is 0.399 e. The lowest BCUT2D eigenvalue weighted by atomic mass is 9.78. The maximum absolute atomic E-state index is 11.9. The number of nitrogens with one attached hydrogen (secondary N) is 2. The van der Waals surface area contributed by atoms with Crippen LogP contribution in [0.4, 0.5) is 11.4 Å². The van der Waals surface area contributed by atoms with Gasteiger partial charge in [0.1, 0.15) is 0 Å². The van der Waals surface area contributed by atoms with Gasteiger partial charge in [-0.05, 0) is 36.5 Å². The molecular formula is C16H25N3O. The lowest BCUT2D eigenvalue weighted by molar-refractivity contribution is 0.0964. The van der Waals surface area contributed by atoms with Crippen LogP contribution in [0.5, 0.6) is 0 Å². The lowest BCUT2D eigenvalue weighted by Crippen LogP contribution is -2.35. The number of rotatable bonds is 3. The number of carbonyl (C=O) groups excluding carboxylic acids is 1. The molecule has 2 rings (SSSR count). The number of anilines is 2. The molecule has 1 aromatic carbocycles. The van der Waals surface area contributed by atoms with E-state index in [0.717, 1.165) is 12.1 Å². The second-order valence-electron chi connectivity index (χ2n) is 5.90. The van der Waals surface area contributed by atoms with Gasteiger partial charge in [-0.1, -0.05) is 26.7 Å². The molecule has 1 amide bonds. The van der Waals surface area contributed by atoms with E-state index >= 15 is 0 Å². The number of nitrogen functional groups attached to an aromatic ring is 1. The first kappa shape index (κ1) is 14.7. The number of hydrogen-bond donors (Lipinski definition) is 3. The summed E-state index contributed by atoms with van der Waals surface area (Å²) in [7, 11) is 1.65. The summed E-state index contributed by atoms with van der Waals surface area (Å²) >= 11 is 0. The van der Waals surface area contributed by atoms with Gasteiger partial charge in [0, 0.05) is 24.5 Å². The fourth-order valence-electron chi connectivity index (χ4n) is 3.00. The Bertz CT molecular complexity index is 487. The predicted molar refractivity (Wildman–Crippen MR) is 83.8 cm³/mol. The molecule has 0 spiro atoms. The highest BCUT2D eigenvalue weighted by Crippen LogP contribution is 2.32. The minimum absolute atomic E-state index is 0.0796. The number of hydrogen-bond acceptors (Lipinski definition) is 3. The molecule has 4 heteroatoms. The molecule has 20 heavy (non-hydrogen) atoms. The Balaban J connectivity index is 2.23. The molecule has 1 aromatic rings. The van der Waals surface area contributed by atoms with Crippen LogP contribution in [0.1, 0.15) is 43.5 Å². The minimum Gasteiger partial charge on any atom is -0.399 e. The molecule has 0 radical (unpaired) electrons. The Hall–Kier alpha value is -1.71. The molecule has 4 nitrogen and oxygen atoms in total. The summed E-state index contributed by atoms with van der Waals surface area (Å²) in [5.41, 5.74) is 8.04. The number of carbonyl (C=O) groups is 1. The maximum atomic E-state index is 11.9. The molecule has 4 N–H and O–H groups in total. The highest BCUT2D eigenvalue weighted by atomic mass is 16.1. The zero-order valence-electron chi connectivity index (χ0n) is 12.6. The molecule has 1 fully saturated rings. The van der Waals surface area contributed by atoms with Crippen molar-refractivity contribution in [2.45, 2.75) is 39.2 Å². The van der Waals surface area contributed by atoms with E-state index in [-0.39, 0.29) is 5.91 Å². The molecule has 110 valence electrons. The summed E-state index contributed by atoms with van der Waals surface area (Å²) in [4.78, 5) is 11.9. The summed E-state index contributed by atoms with van der Waals surface area (Å²) in [6.07, 6.45) is 3.67. The highest BCUT2D eigenvalue weighted by molar-refractivity contribution is 6.00. The molecule has 0 aliphatic heterocycles. The van der Waals surface area contributed by atoms with Crippen molar-refractivity contribution in [2.24, 2.45) is 11.8 Å². The Morgan fingerprint density at radius 1 is 1.30 bits per heavy atom. The van der Waals surface area contributed by atoms with Crippen LogP contribution in [0.3, 0.4) is 0 Å². The van der Waals surface area contributed by atoms with Gasteiger partial charge in [-0.2, -0.15) is 0 Å². The van der Waals surface area contributed by atoms with Crippen molar-refractivity contribution in [1.29, 1.82) is 0 Å². The molecular weight excluding hydrogens is 250 g/mol. The molecule has 0 heterocycles. The zero-order chi connectivity index (χ0) is 14.7. The van der Waals surface area contributed by atoms with Crippen LogP contribution in [0.2, 0.25) is 0 Å². The van der Waals surface area contributed by atoms with Gasteiger partial charge in [0.25, 0.3) is 5.91 Å². The highest BCUT2D eigenvalue weighted by Gasteiger charge is 2.27. The third-order valence-corrected chi connectivity index (χ3v) is 4.56. The smallest absolute Gasteiger partial charge is 0.253 e. The first-order chi connectivity index (χ1) is 9.52. The van der Waals surface area contributed by atoms with Gasteiger partial charge in [-0.15, -0.1) is 0 Å². The van der Waals surface area contributed by atoms with Crippen LogP contribution in [0.25, 0.3) is 0 Å². The van der Waals surface area contributed by atoms with Crippen molar-refractivity contribution >= 4 is 17.3 Å². The molecule has 3 unspecified atom stereocenters. The summed E-state index contributed by atoms with van der Waals surface area (Å²) in [5, 5.41) is 6.22. The van der Waals surface area contributed by atoms with Gasteiger partial charge < -0.3 is 16.4 Å². The second-order valence-corrected chi connectivity index (χ2v) is 5.90. The van der Waals surface area contributed by atoms with Crippen LogP contribution in [-0.4, -0.2) is 19.0 Å². The fourth-order valence-corrected chi connectivity index (χ4v) is 3.00. The van der Waals surface area contributed by atoms with E-state index in [1.807, 2.05) is 6.07 Å². The van der Waals surface area contributed by atoms with Gasteiger partial charge in [-0.3, -0.25) is 4.79 Å². The third-order valence-electron chi connectivity index (χ3n) is 4.56. The quantitative estimate of drug-likeness (QED) is 0.743.